The molecule has 4 heteroatoms. The molecule has 3 rings (SSSR count). The zero-order valence-corrected chi connectivity index (χ0v) is 12.6. The fourth-order valence-electron chi connectivity index (χ4n) is 3.72. The molecule has 4 nitrogen and oxygen atoms in total. The first-order valence-electron chi connectivity index (χ1n) is 7.92. The molecule has 1 aromatic carbocycles. The molecule has 2 aliphatic rings. The average Bonchev–Trinajstić information content (AvgIpc) is 2.94. The van der Waals surface area contributed by atoms with Gasteiger partial charge in [-0.3, -0.25) is 4.79 Å². The van der Waals surface area contributed by atoms with Crippen molar-refractivity contribution >= 4 is 11.6 Å². The number of hydrogen-bond donors (Lipinski definition) is 3. The van der Waals surface area contributed by atoms with Gasteiger partial charge in [-0.05, 0) is 48.9 Å². The van der Waals surface area contributed by atoms with Gasteiger partial charge in [0, 0.05) is 17.8 Å². The predicted molar refractivity (Wildman–Crippen MR) is 83.6 cm³/mol. The number of fused-ring (bicyclic) bond motifs is 1. The van der Waals surface area contributed by atoms with Gasteiger partial charge in [0.15, 0.2) is 0 Å². The molecule has 21 heavy (non-hydrogen) atoms. The fourth-order valence-corrected chi connectivity index (χ4v) is 3.72. The van der Waals surface area contributed by atoms with E-state index in [9.17, 15) is 9.90 Å². The summed E-state index contributed by atoms with van der Waals surface area (Å²) in [6.07, 6.45) is 4.95. The van der Waals surface area contributed by atoms with Crippen molar-refractivity contribution in [1.29, 1.82) is 0 Å². The number of anilines is 1. The van der Waals surface area contributed by atoms with Crippen LogP contribution in [-0.4, -0.2) is 29.7 Å². The topological polar surface area (TPSA) is 61.4 Å². The standard InChI is InChI=1S/C17H24N2O2/c1-12-3-2-7-17(10-12,11-20)19-16(21)14-4-5-15-13(9-14)6-8-18-15/h4-5,9,12,18,20H,2-3,6-8,10-11H2,1H3,(H,19,21). The van der Waals surface area contributed by atoms with Crippen LogP contribution in [0.25, 0.3) is 0 Å². The minimum absolute atomic E-state index is 0.0234. The summed E-state index contributed by atoms with van der Waals surface area (Å²) in [5.41, 5.74) is 2.60. The van der Waals surface area contributed by atoms with Gasteiger partial charge in [0.1, 0.15) is 0 Å². The highest BCUT2D eigenvalue weighted by molar-refractivity contribution is 5.95. The van der Waals surface area contributed by atoms with Crippen molar-refractivity contribution in [3.8, 4) is 0 Å². The first-order valence-corrected chi connectivity index (χ1v) is 7.92. The van der Waals surface area contributed by atoms with Gasteiger partial charge in [0.2, 0.25) is 0 Å². The second-order valence-corrected chi connectivity index (χ2v) is 6.64. The van der Waals surface area contributed by atoms with Crippen molar-refractivity contribution in [2.24, 2.45) is 5.92 Å². The molecule has 0 aromatic heterocycles. The van der Waals surface area contributed by atoms with Gasteiger partial charge in [-0.2, -0.15) is 0 Å². The van der Waals surface area contributed by atoms with Crippen LogP contribution in [0.15, 0.2) is 18.2 Å². The summed E-state index contributed by atoms with van der Waals surface area (Å²) in [6.45, 7) is 3.16. The van der Waals surface area contributed by atoms with E-state index < -0.39 is 5.54 Å². The molecule has 114 valence electrons. The number of amides is 1. The molecular weight excluding hydrogens is 264 g/mol. The first-order chi connectivity index (χ1) is 10.1. The Morgan fingerprint density at radius 1 is 1.52 bits per heavy atom. The molecule has 1 heterocycles. The van der Waals surface area contributed by atoms with E-state index in [2.05, 4.69) is 17.6 Å². The smallest absolute Gasteiger partial charge is 0.251 e. The largest absolute Gasteiger partial charge is 0.394 e. The van der Waals surface area contributed by atoms with E-state index in [0.717, 1.165) is 37.9 Å². The molecule has 2 atom stereocenters. The number of rotatable bonds is 3. The van der Waals surface area contributed by atoms with Gasteiger partial charge >= 0.3 is 0 Å². The highest BCUT2D eigenvalue weighted by Crippen LogP contribution is 2.32. The van der Waals surface area contributed by atoms with Crippen molar-refractivity contribution in [3.05, 3.63) is 29.3 Å². The molecule has 0 radical (unpaired) electrons. The summed E-state index contributed by atoms with van der Waals surface area (Å²) in [4.78, 5) is 12.5. The van der Waals surface area contributed by atoms with E-state index in [1.54, 1.807) is 0 Å². The van der Waals surface area contributed by atoms with Crippen LogP contribution in [0, 0.1) is 5.92 Å². The Balaban J connectivity index is 1.75. The molecular formula is C17H24N2O2. The molecule has 0 saturated heterocycles. The Bertz CT molecular complexity index is 544. The molecule has 1 aromatic rings. The third-order valence-electron chi connectivity index (χ3n) is 4.85. The number of hydrogen-bond acceptors (Lipinski definition) is 3. The second-order valence-electron chi connectivity index (χ2n) is 6.64. The number of aliphatic hydroxyl groups excluding tert-OH is 1. The monoisotopic (exact) mass is 288 g/mol. The maximum absolute atomic E-state index is 12.5. The molecule has 0 spiro atoms. The van der Waals surface area contributed by atoms with Crippen LogP contribution in [0.4, 0.5) is 5.69 Å². The van der Waals surface area contributed by atoms with Crippen molar-refractivity contribution in [2.75, 3.05) is 18.5 Å². The molecule has 1 saturated carbocycles. The van der Waals surface area contributed by atoms with Crippen LogP contribution in [0.3, 0.4) is 0 Å². The maximum atomic E-state index is 12.5. The summed E-state index contributed by atoms with van der Waals surface area (Å²) >= 11 is 0. The summed E-state index contributed by atoms with van der Waals surface area (Å²) in [5.74, 6) is 0.489. The highest BCUT2D eigenvalue weighted by Gasteiger charge is 2.36. The zero-order chi connectivity index (χ0) is 14.9. The van der Waals surface area contributed by atoms with Crippen LogP contribution in [0.5, 0.6) is 0 Å². The van der Waals surface area contributed by atoms with Gasteiger partial charge in [-0.25, -0.2) is 0 Å². The summed E-state index contributed by atoms with van der Waals surface area (Å²) in [6, 6.07) is 5.82. The maximum Gasteiger partial charge on any atom is 0.251 e. The highest BCUT2D eigenvalue weighted by atomic mass is 16.3. The van der Waals surface area contributed by atoms with Crippen LogP contribution in [0.1, 0.15) is 48.5 Å². The molecule has 2 unspecified atom stereocenters. The van der Waals surface area contributed by atoms with Crippen LogP contribution < -0.4 is 10.6 Å². The lowest BCUT2D eigenvalue weighted by Crippen LogP contribution is -2.53. The third kappa shape index (κ3) is 2.91. The second kappa shape index (κ2) is 5.68. The molecule has 1 aliphatic carbocycles. The van der Waals surface area contributed by atoms with Gasteiger partial charge in [-0.1, -0.05) is 19.8 Å². The number of aliphatic hydroxyl groups is 1. The van der Waals surface area contributed by atoms with E-state index in [-0.39, 0.29) is 12.5 Å². The van der Waals surface area contributed by atoms with Crippen molar-refractivity contribution in [2.45, 2.75) is 44.6 Å². The lowest BCUT2D eigenvalue weighted by atomic mass is 9.76. The number of benzene rings is 1. The quantitative estimate of drug-likeness (QED) is 0.800. The Kier molecular flexibility index (Phi) is 3.89. The predicted octanol–water partition coefficient (Wildman–Crippen LogP) is 2.33. The number of carbonyl (C=O) groups excluding carboxylic acids is 1. The van der Waals surface area contributed by atoms with Crippen LogP contribution in [-0.2, 0) is 6.42 Å². The van der Waals surface area contributed by atoms with Gasteiger partial charge in [0.05, 0.1) is 12.1 Å². The molecule has 0 bridgehead atoms. The fraction of sp³-hybridized carbons (Fsp3) is 0.588. The van der Waals surface area contributed by atoms with E-state index in [0.29, 0.717) is 11.5 Å². The average molecular weight is 288 g/mol. The van der Waals surface area contributed by atoms with E-state index in [1.165, 1.54) is 12.0 Å². The van der Waals surface area contributed by atoms with Gasteiger partial charge in [-0.15, -0.1) is 0 Å². The Hall–Kier alpha value is -1.55. The van der Waals surface area contributed by atoms with Crippen molar-refractivity contribution < 1.29 is 9.90 Å². The summed E-state index contributed by atoms with van der Waals surface area (Å²) in [7, 11) is 0. The number of nitrogens with one attached hydrogen (secondary N) is 2. The first kappa shape index (κ1) is 14.4. The third-order valence-corrected chi connectivity index (χ3v) is 4.85. The van der Waals surface area contributed by atoms with Gasteiger partial charge < -0.3 is 15.7 Å². The SMILES string of the molecule is CC1CCCC(CO)(NC(=O)c2ccc3c(c2)CCN3)C1. The van der Waals surface area contributed by atoms with Crippen molar-refractivity contribution in [3.63, 3.8) is 0 Å². The summed E-state index contributed by atoms with van der Waals surface area (Å²) < 4.78 is 0. The van der Waals surface area contributed by atoms with E-state index in [1.807, 2.05) is 18.2 Å². The zero-order valence-electron chi connectivity index (χ0n) is 12.6. The van der Waals surface area contributed by atoms with Crippen LogP contribution in [0.2, 0.25) is 0 Å². The summed E-state index contributed by atoms with van der Waals surface area (Å²) in [5, 5.41) is 16.2. The van der Waals surface area contributed by atoms with Crippen LogP contribution >= 0.6 is 0 Å². The Morgan fingerprint density at radius 2 is 2.38 bits per heavy atom. The molecule has 1 aliphatic heterocycles. The Morgan fingerprint density at radius 3 is 3.14 bits per heavy atom. The van der Waals surface area contributed by atoms with Crippen molar-refractivity contribution in [1.82, 2.24) is 5.32 Å². The number of carbonyl (C=O) groups is 1. The Labute approximate surface area is 125 Å². The normalized spacial score (nSPS) is 27.8. The lowest BCUT2D eigenvalue weighted by Gasteiger charge is -2.39. The van der Waals surface area contributed by atoms with E-state index >= 15 is 0 Å². The lowest BCUT2D eigenvalue weighted by molar-refractivity contribution is 0.0697. The van der Waals surface area contributed by atoms with E-state index in [4.69, 9.17) is 0 Å². The van der Waals surface area contributed by atoms with Gasteiger partial charge in [0.25, 0.3) is 5.91 Å². The minimum atomic E-state index is -0.438. The molecule has 1 fully saturated rings. The molecule has 1 amide bonds. The minimum Gasteiger partial charge on any atom is -0.394 e. The molecule has 3 N–H and O–H groups in total.